The molecule has 1 aliphatic heterocycles. The highest BCUT2D eigenvalue weighted by Gasteiger charge is 2.46. The van der Waals surface area contributed by atoms with Gasteiger partial charge < -0.3 is 19.5 Å². The average molecular weight is 360 g/mol. The quantitative estimate of drug-likeness (QED) is 0.850. The Bertz CT molecular complexity index is 784. The molecule has 2 aromatic rings. The Hall–Kier alpha value is -3.16. The smallest absolute Gasteiger partial charge is 0.343 e. The van der Waals surface area contributed by atoms with E-state index in [0.717, 1.165) is 4.90 Å². The number of aromatic nitrogens is 1. The average Bonchev–Trinajstić information content (AvgIpc) is 3.06. The number of likely N-dealkylation sites (tertiary alicyclic amines) is 1. The zero-order chi connectivity index (χ0) is 18.6. The molecule has 0 spiro atoms. The van der Waals surface area contributed by atoms with Gasteiger partial charge in [-0.25, -0.2) is 14.2 Å². The summed E-state index contributed by atoms with van der Waals surface area (Å²) >= 11 is 0. The first-order valence-electron chi connectivity index (χ1n) is 7.98. The van der Waals surface area contributed by atoms with Crippen LogP contribution in [0.1, 0.15) is 6.42 Å². The number of nitrogens with zero attached hydrogens (tertiary/aromatic N) is 2. The molecule has 136 valence electrons. The number of alkyl halides is 1. The van der Waals surface area contributed by atoms with Crippen LogP contribution in [0.4, 0.5) is 4.39 Å². The first kappa shape index (κ1) is 17.7. The highest BCUT2D eigenvalue weighted by Crippen LogP contribution is 2.26. The Morgan fingerprint density at radius 2 is 1.92 bits per heavy atom. The molecule has 1 aromatic carbocycles. The standard InChI is InChI=1S/C18H17FN2O5/c19-18(17(23)24)8-10-21(12-18)16(22)11-25-13-4-6-14(7-5-13)26-15-3-1-2-9-20-15/h1-7,9H,8,10-12H2,(H,23,24). The zero-order valence-corrected chi connectivity index (χ0v) is 13.8. The van der Waals surface area contributed by atoms with E-state index in [1.807, 2.05) is 0 Å². The lowest BCUT2D eigenvalue weighted by Gasteiger charge is -2.18. The molecule has 7 nitrogen and oxygen atoms in total. The van der Waals surface area contributed by atoms with Crippen LogP contribution in [0, 0.1) is 0 Å². The van der Waals surface area contributed by atoms with Crippen molar-refractivity contribution in [1.82, 2.24) is 9.88 Å². The number of hydrogen-bond acceptors (Lipinski definition) is 5. The monoisotopic (exact) mass is 360 g/mol. The maximum absolute atomic E-state index is 14.0. The molecule has 1 saturated heterocycles. The minimum Gasteiger partial charge on any atom is -0.484 e. The van der Waals surface area contributed by atoms with Crippen molar-refractivity contribution in [3.8, 4) is 17.4 Å². The van der Waals surface area contributed by atoms with Gasteiger partial charge in [-0.15, -0.1) is 0 Å². The van der Waals surface area contributed by atoms with Crippen molar-refractivity contribution in [2.24, 2.45) is 0 Å². The molecule has 1 aromatic heterocycles. The van der Waals surface area contributed by atoms with Crippen LogP contribution in [0.5, 0.6) is 17.4 Å². The molecule has 3 rings (SSSR count). The number of halogens is 1. The normalized spacial score (nSPS) is 19.2. The molecule has 1 unspecified atom stereocenters. The molecular formula is C18H17FN2O5. The summed E-state index contributed by atoms with van der Waals surface area (Å²) in [6, 6.07) is 11.9. The first-order chi connectivity index (χ1) is 12.5. The number of carboxylic acid groups (broad SMARTS) is 1. The highest BCUT2D eigenvalue weighted by molar-refractivity contribution is 5.83. The summed E-state index contributed by atoms with van der Waals surface area (Å²) in [5, 5.41) is 8.85. The van der Waals surface area contributed by atoms with E-state index < -0.39 is 24.1 Å². The third-order valence-electron chi connectivity index (χ3n) is 4.00. The third kappa shape index (κ3) is 4.08. The number of carbonyl (C=O) groups excluding carboxylic acids is 1. The van der Waals surface area contributed by atoms with Gasteiger partial charge in [0.25, 0.3) is 5.91 Å². The molecule has 8 heteroatoms. The molecule has 1 fully saturated rings. The zero-order valence-electron chi connectivity index (χ0n) is 13.8. The number of aliphatic carboxylic acids is 1. The van der Waals surface area contributed by atoms with Crippen molar-refractivity contribution in [2.75, 3.05) is 19.7 Å². The van der Waals surface area contributed by atoms with Crippen LogP contribution in [-0.2, 0) is 9.59 Å². The van der Waals surface area contributed by atoms with Gasteiger partial charge in [-0.2, -0.15) is 0 Å². The van der Waals surface area contributed by atoms with E-state index in [2.05, 4.69) is 4.98 Å². The Kier molecular flexibility index (Phi) is 5.01. The SMILES string of the molecule is O=C(COc1ccc(Oc2ccccn2)cc1)N1CCC(F)(C(=O)O)C1. The fourth-order valence-electron chi connectivity index (χ4n) is 2.53. The third-order valence-corrected chi connectivity index (χ3v) is 4.00. The van der Waals surface area contributed by atoms with E-state index >= 15 is 0 Å². The van der Waals surface area contributed by atoms with Gasteiger partial charge in [-0.1, -0.05) is 6.07 Å². The van der Waals surface area contributed by atoms with Crippen LogP contribution >= 0.6 is 0 Å². The summed E-state index contributed by atoms with van der Waals surface area (Å²) in [7, 11) is 0. The Labute approximate surface area is 149 Å². The maximum Gasteiger partial charge on any atom is 0.343 e. The van der Waals surface area contributed by atoms with Crippen molar-refractivity contribution < 1.29 is 28.6 Å². The Balaban J connectivity index is 1.50. The first-order valence-corrected chi connectivity index (χ1v) is 7.98. The van der Waals surface area contributed by atoms with Crippen molar-refractivity contribution in [1.29, 1.82) is 0 Å². The molecule has 2 heterocycles. The molecule has 26 heavy (non-hydrogen) atoms. The van der Waals surface area contributed by atoms with Crippen molar-refractivity contribution in [2.45, 2.75) is 12.1 Å². The van der Waals surface area contributed by atoms with E-state index in [1.165, 1.54) is 0 Å². The van der Waals surface area contributed by atoms with Crippen LogP contribution in [-0.4, -0.2) is 52.2 Å². The lowest BCUT2D eigenvalue weighted by atomic mass is 10.1. The van der Waals surface area contributed by atoms with Gasteiger partial charge in [-0.05, 0) is 30.3 Å². The summed E-state index contributed by atoms with van der Waals surface area (Å²) in [6.07, 6.45) is 1.40. The highest BCUT2D eigenvalue weighted by atomic mass is 19.1. The number of amides is 1. The van der Waals surface area contributed by atoms with Gasteiger partial charge >= 0.3 is 5.97 Å². The summed E-state index contributed by atoms with van der Waals surface area (Å²) in [6.45, 7) is -0.695. The van der Waals surface area contributed by atoms with Gasteiger partial charge in [0.1, 0.15) is 11.5 Å². The number of ether oxygens (including phenoxy) is 2. The van der Waals surface area contributed by atoms with Crippen molar-refractivity contribution in [3.63, 3.8) is 0 Å². The minimum atomic E-state index is -2.37. The molecule has 0 aliphatic carbocycles. The predicted octanol–water partition coefficient (Wildman–Crippen LogP) is 2.28. The summed E-state index contributed by atoms with van der Waals surface area (Å²) in [5.74, 6) is -0.545. The van der Waals surface area contributed by atoms with E-state index in [4.69, 9.17) is 14.6 Å². The number of pyridine rings is 1. The van der Waals surface area contributed by atoms with Gasteiger partial charge in [-0.3, -0.25) is 4.79 Å². The van der Waals surface area contributed by atoms with E-state index in [1.54, 1.807) is 48.7 Å². The molecule has 1 N–H and O–H groups in total. The van der Waals surface area contributed by atoms with Gasteiger partial charge in [0.05, 0.1) is 6.54 Å². The van der Waals surface area contributed by atoms with Crippen LogP contribution in [0.3, 0.4) is 0 Å². The Morgan fingerprint density at radius 1 is 1.19 bits per heavy atom. The van der Waals surface area contributed by atoms with Crippen LogP contribution in [0.25, 0.3) is 0 Å². The van der Waals surface area contributed by atoms with Gasteiger partial charge in [0.2, 0.25) is 11.5 Å². The topological polar surface area (TPSA) is 89.0 Å². The number of rotatable bonds is 6. The molecule has 1 amide bonds. The second kappa shape index (κ2) is 7.38. The van der Waals surface area contributed by atoms with Crippen LogP contribution in [0.15, 0.2) is 48.7 Å². The fourth-order valence-corrected chi connectivity index (χ4v) is 2.53. The predicted molar refractivity (Wildman–Crippen MR) is 88.9 cm³/mol. The molecule has 1 aliphatic rings. The molecule has 0 radical (unpaired) electrons. The van der Waals surface area contributed by atoms with E-state index in [-0.39, 0.29) is 19.6 Å². The van der Waals surface area contributed by atoms with Gasteiger partial charge in [0, 0.05) is 25.2 Å². The largest absolute Gasteiger partial charge is 0.484 e. The van der Waals surface area contributed by atoms with Crippen LogP contribution in [0.2, 0.25) is 0 Å². The number of carboxylic acids is 1. The van der Waals surface area contributed by atoms with Gasteiger partial charge in [0.15, 0.2) is 6.61 Å². The van der Waals surface area contributed by atoms with E-state index in [0.29, 0.717) is 17.4 Å². The fraction of sp³-hybridized carbons (Fsp3) is 0.278. The Morgan fingerprint density at radius 3 is 2.54 bits per heavy atom. The summed E-state index contributed by atoms with van der Waals surface area (Å²) in [4.78, 5) is 28.1. The second-order valence-electron chi connectivity index (χ2n) is 5.87. The number of carbonyl (C=O) groups is 2. The number of hydrogen-bond donors (Lipinski definition) is 1. The van der Waals surface area contributed by atoms with Crippen LogP contribution < -0.4 is 9.47 Å². The van der Waals surface area contributed by atoms with Crippen molar-refractivity contribution >= 4 is 11.9 Å². The maximum atomic E-state index is 14.0. The molecular weight excluding hydrogens is 343 g/mol. The second-order valence-corrected chi connectivity index (χ2v) is 5.87. The van der Waals surface area contributed by atoms with Crippen molar-refractivity contribution in [3.05, 3.63) is 48.7 Å². The number of benzene rings is 1. The molecule has 0 bridgehead atoms. The minimum absolute atomic E-state index is 0.0574. The molecule has 0 saturated carbocycles. The summed E-state index contributed by atoms with van der Waals surface area (Å²) < 4.78 is 24.9. The molecule has 1 atom stereocenters. The lowest BCUT2D eigenvalue weighted by molar-refractivity contribution is -0.150. The van der Waals surface area contributed by atoms with E-state index in [9.17, 15) is 14.0 Å². The lowest BCUT2D eigenvalue weighted by Crippen LogP contribution is -2.40. The summed E-state index contributed by atoms with van der Waals surface area (Å²) in [5.41, 5.74) is -2.37.